The lowest BCUT2D eigenvalue weighted by Crippen LogP contribution is -2.30. The van der Waals surface area contributed by atoms with E-state index in [2.05, 4.69) is 10.6 Å². The number of nitrogens with one attached hydrogen (secondary N) is 2. The van der Waals surface area contributed by atoms with E-state index in [1.165, 1.54) is 42.7 Å². The number of benzene rings is 2. The fourth-order valence-electron chi connectivity index (χ4n) is 2.21. The first-order valence-corrected chi connectivity index (χ1v) is 8.28. The van der Waals surface area contributed by atoms with Crippen molar-refractivity contribution in [1.82, 2.24) is 5.32 Å². The van der Waals surface area contributed by atoms with Gasteiger partial charge in [0.1, 0.15) is 11.5 Å². The van der Waals surface area contributed by atoms with E-state index in [1.54, 1.807) is 30.3 Å². The van der Waals surface area contributed by atoms with Gasteiger partial charge >= 0.3 is 0 Å². The summed E-state index contributed by atoms with van der Waals surface area (Å²) >= 11 is 5.83. The largest absolute Gasteiger partial charge is 0.459 e. The monoisotopic (exact) mass is 384 g/mol. The molecule has 0 unspecified atom stereocenters. The lowest BCUT2D eigenvalue weighted by Gasteiger charge is -2.10. The second-order valence-corrected chi connectivity index (χ2v) is 5.94. The van der Waals surface area contributed by atoms with Gasteiger partial charge < -0.3 is 15.1 Å². The van der Waals surface area contributed by atoms with Gasteiger partial charge in [-0.05, 0) is 60.2 Å². The Morgan fingerprint density at radius 3 is 2.33 bits per heavy atom. The predicted molar refractivity (Wildman–Crippen MR) is 101 cm³/mol. The highest BCUT2D eigenvalue weighted by Crippen LogP contribution is 2.15. The van der Waals surface area contributed by atoms with Crippen LogP contribution in [0, 0.1) is 5.82 Å². The van der Waals surface area contributed by atoms with E-state index in [4.69, 9.17) is 16.0 Å². The molecule has 0 aliphatic heterocycles. The van der Waals surface area contributed by atoms with E-state index < -0.39 is 17.6 Å². The Bertz CT molecular complexity index is 965. The zero-order valence-corrected chi connectivity index (χ0v) is 14.7. The number of rotatable bonds is 5. The summed E-state index contributed by atoms with van der Waals surface area (Å²) in [5.74, 6) is -1.49. The van der Waals surface area contributed by atoms with Crippen molar-refractivity contribution in [2.45, 2.75) is 0 Å². The van der Waals surface area contributed by atoms with Crippen molar-refractivity contribution in [3.05, 3.63) is 94.8 Å². The van der Waals surface area contributed by atoms with Crippen molar-refractivity contribution in [3.63, 3.8) is 0 Å². The van der Waals surface area contributed by atoms with Crippen molar-refractivity contribution in [2.75, 3.05) is 5.32 Å². The van der Waals surface area contributed by atoms with Crippen LogP contribution in [0.4, 0.5) is 10.1 Å². The van der Waals surface area contributed by atoms with Crippen molar-refractivity contribution >= 4 is 35.2 Å². The molecule has 1 aromatic heterocycles. The van der Waals surface area contributed by atoms with Crippen LogP contribution in [0.15, 0.2) is 77.0 Å². The maximum atomic E-state index is 13.1. The third kappa shape index (κ3) is 5.05. The van der Waals surface area contributed by atoms with Crippen molar-refractivity contribution in [3.8, 4) is 0 Å². The van der Waals surface area contributed by atoms with Crippen LogP contribution in [-0.4, -0.2) is 11.8 Å². The summed E-state index contributed by atoms with van der Waals surface area (Å²) in [5.41, 5.74) is 1.01. The van der Waals surface area contributed by atoms with Crippen molar-refractivity contribution in [2.24, 2.45) is 0 Å². The van der Waals surface area contributed by atoms with E-state index >= 15 is 0 Å². The van der Waals surface area contributed by atoms with Gasteiger partial charge in [0.25, 0.3) is 11.8 Å². The molecule has 0 saturated carbocycles. The van der Waals surface area contributed by atoms with Crippen LogP contribution in [0.5, 0.6) is 0 Å². The number of carbonyl (C=O) groups is 2. The number of amides is 2. The maximum Gasteiger partial charge on any atom is 0.291 e. The number of halogens is 2. The topological polar surface area (TPSA) is 71.3 Å². The third-order valence-electron chi connectivity index (χ3n) is 3.52. The molecule has 3 rings (SSSR count). The van der Waals surface area contributed by atoms with Gasteiger partial charge in [0.2, 0.25) is 0 Å². The molecule has 0 saturated heterocycles. The van der Waals surface area contributed by atoms with Crippen LogP contribution in [0.2, 0.25) is 5.02 Å². The fourth-order valence-corrected chi connectivity index (χ4v) is 2.33. The zero-order chi connectivity index (χ0) is 19.2. The molecular formula is C20H14ClFN2O3. The second-order valence-electron chi connectivity index (χ2n) is 5.50. The highest BCUT2D eigenvalue weighted by Gasteiger charge is 2.16. The highest BCUT2D eigenvalue weighted by atomic mass is 35.5. The molecule has 1 heterocycles. The predicted octanol–water partition coefficient (Wildman–Crippen LogP) is 4.48. The summed E-state index contributed by atoms with van der Waals surface area (Å²) in [5, 5.41) is 5.71. The van der Waals surface area contributed by atoms with Crippen molar-refractivity contribution in [1.29, 1.82) is 0 Å². The van der Waals surface area contributed by atoms with E-state index in [0.717, 1.165) is 0 Å². The Labute approximate surface area is 159 Å². The summed E-state index contributed by atoms with van der Waals surface area (Å²) in [6, 6.07) is 15.0. The minimum atomic E-state index is -0.584. The normalized spacial score (nSPS) is 11.1. The van der Waals surface area contributed by atoms with Gasteiger partial charge in [-0.3, -0.25) is 9.59 Å². The molecule has 0 fully saturated rings. The van der Waals surface area contributed by atoms with Crippen LogP contribution in [0.1, 0.15) is 16.1 Å². The van der Waals surface area contributed by atoms with Crippen molar-refractivity contribution < 1.29 is 18.4 Å². The Balaban J connectivity index is 1.85. The molecule has 0 aliphatic rings. The first kappa shape index (κ1) is 18.4. The van der Waals surface area contributed by atoms with Crippen LogP contribution in [0.3, 0.4) is 0 Å². The number of hydrogen-bond acceptors (Lipinski definition) is 3. The first-order valence-electron chi connectivity index (χ1n) is 7.90. The molecule has 0 spiro atoms. The van der Waals surface area contributed by atoms with Crippen LogP contribution < -0.4 is 10.6 Å². The Kier molecular flexibility index (Phi) is 5.68. The minimum Gasteiger partial charge on any atom is -0.459 e. The van der Waals surface area contributed by atoms with E-state index in [9.17, 15) is 14.0 Å². The zero-order valence-electron chi connectivity index (χ0n) is 13.9. The molecule has 7 heteroatoms. The van der Waals surface area contributed by atoms with E-state index in [-0.39, 0.29) is 11.5 Å². The molecule has 3 aromatic rings. The molecule has 27 heavy (non-hydrogen) atoms. The standard InChI is InChI=1S/C20H14ClFN2O3/c21-14-5-9-16(10-6-14)23-19(25)17(12-13-3-7-15(22)8-4-13)24-20(26)18-2-1-11-27-18/h1-12H,(H,23,25)(H,24,26)/b17-12-. The third-order valence-corrected chi connectivity index (χ3v) is 3.77. The molecule has 2 amide bonds. The number of furan rings is 1. The Morgan fingerprint density at radius 2 is 1.70 bits per heavy atom. The highest BCUT2D eigenvalue weighted by molar-refractivity contribution is 6.30. The summed E-state index contributed by atoms with van der Waals surface area (Å²) in [4.78, 5) is 24.9. The van der Waals surface area contributed by atoms with Crippen LogP contribution in [-0.2, 0) is 4.79 Å². The number of carbonyl (C=O) groups excluding carboxylic acids is 2. The van der Waals surface area contributed by atoms with E-state index in [1.807, 2.05) is 0 Å². The fraction of sp³-hybridized carbons (Fsp3) is 0. The van der Waals surface area contributed by atoms with Gasteiger partial charge in [-0.1, -0.05) is 23.7 Å². The summed E-state index contributed by atoms with van der Waals surface area (Å²) < 4.78 is 18.1. The summed E-state index contributed by atoms with van der Waals surface area (Å²) in [6.07, 6.45) is 2.79. The molecule has 2 N–H and O–H groups in total. The number of hydrogen-bond donors (Lipinski definition) is 2. The quantitative estimate of drug-likeness (QED) is 0.637. The van der Waals surface area contributed by atoms with Gasteiger partial charge in [-0.2, -0.15) is 0 Å². The Morgan fingerprint density at radius 1 is 1.00 bits per heavy atom. The van der Waals surface area contributed by atoms with Gasteiger partial charge in [-0.15, -0.1) is 0 Å². The molecule has 2 aromatic carbocycles. The average molecular weight is 385 g/mol. The molecule has 0 radical (unpaired) electrons. The molecular weight excluding hydrogens is 371 g/mol. The maximum absolute atomic E-state index is 13.1. The smallest absolute Gasteiger partial charge is 0.291 e. The summed E-state index contributed by atoms with van der Waals surface area (Å²) in [7, 11) is 0. The lowest BCUT2D eigenvalue weighted by atomic mass is 10.1. The average Bonchev–Trinajstić information content (AvgIpc) is 3.19. The molecule has 0 bridgehead atoms. The SMILES string of the molecule is O=C(Nc1ccc(Cl)cc1)/C(=C/c1ccc(F)cc1)NC(=O)c1ccco1. The summed E-state index contributed by atoms with van der Waals surface area (Å²) in [6.45, 7) is 0. The van der Waals surface area contributed by atoms with E-state index in [0.29, 0.717) is 16.3 Å². The van der Waals surface area contributed by atoms with Gasteiger partial charge in [0.05, 0.1) is 6.26 Å². The van der Waals surface area contributed by atoms with Crippen LogP contribution >= 0.6 is 11.6 Å². The first-order chi connectivity index (χ1) is 13.0. The van der Waals surface area contributed by atoms with Gasteiger partial charge in [0.15, 0.2) is 5.76 Å². The molecule has 0 atom stereocenters. The molecule has 5 nitrogen and oxygen atoms in total. The minimum absolute atomic E-state index is 0.0297. The van der Waals surface area contributed by atoms with Gasteiger partial charge in [-0.25, -0.2) is 4.39 Å². The molecule has 136 valence electrons. The number of anilines is 1. The van der Waals surface area contributed by atoms with Gasteiger partial charge in [0, 0.05) is 10.7 Å². The Hall–Kier alpha value is -3.38. The van der Waals surface area contributed by atoms with Crippen LogP contribution in [0.25, 0.3) is 6.08 Å². The lowest BCUT2D eigenvalue weighted by molar-refractivity contribution is -0.113. The molecule has 0 aliphatic carbocycles. The second kappa shape index (κ2) is 8.33.